The summed E-state index contributed by atoms with van der Waals surface area (Å²) < 4.78 is 16.3. The van der Waals surface area contributed by atoms with E-state index in [0.717, 1.165) is 64.1 Å². The zero-order chi connectivity index (χ0) is 32.7. The SMILES string of the molecule is CCCC1=C(C(=O)OCC)[C@H](c2cc(Br)ccc2OC)n2c(s/c(=C/c3cc(C)n(-c4sc5c(c4C#N)CCCC5)c3C)c2=O)=N1. The minimum atomic E-state index is -0.783. The van der Waals surface area contributed by atoms with Crippen LogP contribution in [0.15, 0.2) is 49.8 Å². The number of carbonyl (C=O) groups is 1. The molecule has 0 fully saturated rings. The predicted octanol–water partition coefficient (Wildman–Crippen LogP) is 6.57. The van der Waals surface area contributed by atoms with E-state index in [1.54, 1.807) is 29.9 Å². The van der Waals surface area contributed by atoms with Crippen molar-refractivity contribution in [2.24, 2.45) is 4.99 Å². The maximum Gasteiger partial charge on any atom is 0.338 e. The second-order valence-corrected chi connectivity index (χ2v) is 14.5. The number of nitriles is 1. The number of hydrogen-bond donors (Lipinski definition) is 0. The van der Waals surface area contributed by atoms with E-state index in [0.29, 0.717) is 38.3 Å². The highest BCUT2D eigenvalue weighted by atomic mass is 79.9. The maximum atomic E-state index is 14.4. The Kier molecular flexibility index (Phi) is 9.24. The van der Waals surface area contributed by atoms with E-state index < -0.39 is 12.0 Å². The lowest BCUT2D eigenvalue weighted by Gasteiger charge is -2.27. The quantitative estimate of drug-likeness (QED) is 0.192. The van der Waals surface area contributed by atoms with E-state index in [-0.39, 0.29) is 12.2 Å². The molecule has 11 heteroatoms. The van der Waals surface area contributed by atoms with Crippen molar-refractivity contribution in [1.82, 2.24) is 9.13 Å². The Balaban J connectivity index is 1.56. The summed E-state index contributed by atoms with van der Waals surface area (Å²) in [6.45, 7) is 8.07. The first kappa shape index (κ1) is 32.2. The van der Waals surface area contributed by atoms with Crippen LogP contribution < -0.4 is 19.6 Å². The smallest absolute Gasteiger partial charge is 0.338 e. The third-order valence-electron chi connectivity index (χ3n) is 8.60. The third-order valence-corrected chi connectivity index (χ3v) is 11.4. The molecule has 1 aliphatic heterocycles. The molecule has 0 saturated heterocycles. The van der Waals surface area contributed by atoms with E-state index in [9.17, 15) is 14.9 Å². The summed E-state index contributed by atoms with van der Waals surface area (Å²) in [5.41, 5.74) is 6.20. The van der Waals surface area contributed by atoms with Gasteiger partial charge in [0, 0.05) is 26.3 Å². The lowest BCUT2D eigenvalue weighted by atomic mass is 9.93. The predicted molar refractivity (Wildman–Crippen MR) is 185 cm³/mol. The van der Waals surface area contributed by atoms with Crippen LogP contribution in [-0.2, 0) is 22.4 Å². The second-order valence-electron chi connectivity index (χ2n) is 11.5. The van der Waals surface area contributed by atoms with Gasteiger partial charge in [0.1, 0.15) is 22.9 Å². The number of hydrogen-bond acceptors (Lipinski definition) is 8. The van der Waals surface area contributed by atoms with Crippen LogP contribution in [0.25, 0.3) is 11.1 Å². The van der Waals surface area contributed by atoms with Crippen LogP contribution in [0.5, 0.6) is 5.75 Å². The molecule has 6 rings (SSSR count). The van der Waals surface area contributed by atoms with Gasteiger partial charge in [0.05, 0.1) is 35.1 Å². The fourth-order valence-corrected chi connectivity index (χ4v) is 9.39. The number of aryl methyl sites for hydroxylation is 2. The van der Waals surface area contributed by atoms with Crippen LogP contribution in [0.3, 0.4) is 0 Å². The average Bonchev–Trinajstić information content (AvgIpc) is 3.65. The Morgan fingerprint density at radius 1 is 1.20 bits per heavy atom. The van der Waals surface area contributed by atoms with E-state index >= 15 is 0 Å². The first-order valence-electron chi connectivity index (χ1n) is 15.5. The van der Waals surface area contributed by atoms with Crippen LogP contribution >= 0.6 is 38.6 Å². The Morgan fingerprint density at radius 3 is 2.70 bits per heavy atom. The van der Waals surface area contributed by atoms with Gasteiger partial charge < -0.3 is 14.0 Å². The lowest BCUT2D eigenvalue weighted by molar-refractivity contribution is -0.139. The number of methoxy groups -OCH3 is 1. The molecular weight excluding hydrogens is 684 g/mol. The fraction of sp³-hybridized carbons (Fsp3) is 0.371. The number of rotatable bonds is 8. The van der Waals surface area contributed by atoms with Crippen LogP contribution in [-0.4, -0.2) is 28.8 Å². The molecule has 0 radical (unpaired) electrons. The number of benzene rings is 1. The molecule has 238 valence electrons. The van der Waals surface area contributed by atoms with Gasteiger partial charge in [-0.3, -0.25) is 9.36 Å². The van der Waals surface area contributed by atoms with Crippen molar-refractivity contribution in [3.8, 4) is 16.8 Å². The molecule has 8 nitrogen and oxygen atoms in total. The number of ether oxygens (including phenoxy) is 2. The van der Waals surface area contributed by atoms with Gasteiger partial charge in [0.2, 0.25) is 0 Å². The maximum absolute atomic E-state index is 14.4. The first-order chi connectivity index (χ1) is 22.2. The van der Waals surface area contributed by atoms with Crippen molar-refractivity contribution in [1.29, 1.82) is 5.26 Å². The van der Waals surface area contributed by atoms with Gasteiger partial charge in [-0.25, -0.2) is 9.79 Å². The lowest BCUT2D eigenvalue weighted by Crippen LogP contribution is -2.40. The Morgan fingerprint density at radius 2 is 1.98 bits per heavy atom. The molecule has 2 aliphatic rings. The number of thiophene rings is 1. The van der Waals surface area contributed by atoms with Crippen molar-refractivity contribution in [3.05, 3.63) is 98.2 Å². The Hall–Kier alpha value is -3.72. The molecule has 46 heavy (non-hydrogen) atoms. The number of allylic oxidation sites excluding steroid dienone is 1. The minimum Gasteiger partial charge on any atom is -0.496 e. The minimum absolute atomic E-state index is 0.199. The number of aromatic nitrogens is 2. The molecule has 4 aromatic rings. The topological polar surface area (TPSA) is 98.6 Å². The Labute approximate surface area is 284 Å². The van der Waals surface area contributed by atoms with Crippen molar-refractivity contribution in [2.75, 3.05) is 13.7 Å². The highest BCUT2D eigenvalue weighted by molar-refractivity contribution is 9.10. The number of nitrogens with zero attached hydrogens (tertiary/aromatic N) is 4. The summed E-state index contributed by atoms with van der Waals surface area (Å²) in [5.74, 6) is 0.0595. The summed E-state index contributed by atoms with van der Waals surface area (Å²) in [6, 6.07) is 9.34. The van der Waals surface area contributed by atoms with Crippen LogP contribution in [0.2, 0.25) is 0 Å². The Bertz CT molecular complexity index is 2130. The number of fused-ring (bicyclic) bond motifs is 2. The fourth-order valence-electron chi connectivity index (χ4n) is 6.55. The summed E-state index contributed by atoms with van der Waals surface area (Å²) >= 11 is 6.59. The van der Waals surface area contributed by atoms with E-state index in [1.165, 1.54) is 21.8 Å². The molecule has 4 heterocycles. The van der Waals surface area contributed by atoms with Crippen molar-refractivity contribution in [2.45, 2.75) is 72.3 Å². The molecule has 0 amide bonds. The molecule has 0 unspecified atom stereocenters. The summed E-state index contributed by atoms with van der Waals surface area (Å²) in [5, 5.41) is 11.1. The van der Waals surface area contributed by atoms with E-state index in [1.807, 2.05) is 45.0 Å². The van der Waals surface area contributed by atoms with Crippen LogP contribution in [0.4, 0.5) is 0 Å². The first-order valence-corrected chi connectivity index (χ1v) is 17.9. The summed E-state index contributed by atoms with van der Waals surface area (Å²) in [6.07, 6.45) is 7.45. The van der Waals surface area contributed by atoms with Crippen molar-refractivity contribution >= 4 is 50.6 Å². The van der Waals surface area contributed by atoms with Crippen LogP contribution in [0.1, 0.15) is 84.1 Å². The molecule has 0 bridgehead atoms. The standard InChI is InChI=1S/C35H35BrN4O4S2/c1-6-10-26-30(34(42)44-7-2)31(24-17-22(36)13-14-27(24)43-5)40-32(41)29(46-35(40)38-26)16-21-15-19(3)39(20(21)4)33-25(18-37)23-11-8-9-12-28(23)45-33/h13-17,31H,6-12H2,1-5H3/b29-16+/t31-/m0/s1. The largest absolute Gasteiger partial charge is 0.496 e. The molecule has 1 aromatic carbocycles. The van der Waals surface area contributed by atoms with Gasteiger partial charge in [0.15, 0.2) is 4.80 Å². The van der Waals surface area contributed by atoms with E-state index in [2.05, 4.69) is 32.6 Å². The number of halogens is 1. The molecule has 0 saturated carbocycles. The molecule has 0 spiro atoms. The van der Waals surface area contributed by atoms with Crippen molar-refractivity contribution in [3.63, 3.8) is 0 Å². The zero-order valence-electron chi connectivity index (χ0n) is 26.5. The highest BCUT2D eigenvalue weighted by Crippen LogP contribution is 2.40. The normalized spacial score (nSPS) is 16.1. The third kappa shape index (κ3) is 5.50. The second kappa shape index (κ2) is 13.2. The van der Waals surface area contributed by atoms with Gasteiger partial charge in [-0.05, 0) is 94.3 Å². The monoisotopic (exact) mass is 718 g/mol. The molecule has 1 atom stereocenters. The summed E-state index contributed by atoms with van der Waals surface area (Å²) in [7, 11) is 1.58. The highest BCUT2D eigenvalue weighted by Gasteiger charge is 2.36. The van der Waals surface area contributed by atoms with Crippen molar-refractivity contribution < 1.29 is 14.3 Å². The molecule has 1 aliphatic carbocycles. The summed E-state index contributed by atoms with van der Waals surface area (Å²) in [4.78, 5) is 34.7. The van der Waals surface area contributed by atoms with Gasteiger partial charge in [0.25, 0.3) is 5.56 Å². The zero-order valence-corrected chi connectivity index (χ0v) is 29.7. The molecule has 0 N–H and O–H groups in total. The number of carbonyl (C=O) groups excluding carboxylic acids is 1. The van der Waals surface area contributed by atoms with Crippen LogP contribution in [0, 0.1) is 25.2 Å². The van der Waals surface area contributed by atoms with Gasteiger partial charge >= 0.3 is 5.97 Å². The van der Waals surface area contributed by atoms with Gasteiger partial charge in [-0.1, -0.05) is 40.6 Å². The molecular formula is C35H35BrN4O4S2. The average molecular weight is 720 g/mol. The van der Waals surface area contributed by atoms with Gasteiger partial charge in [-0.2, -0.15) is 5.26 Å². The van der Waals surface area contributed by atoms with E-state index in [4.69, 9.17) is 14.5 Å². The number of esters is 1. The van der Waals surface area contributed by atoms with Gasteiger partial charge in [-0.15, -0.1) is 11.3 Å². The molecule has 3 aromatic heterocycles. The number of thiazole rings is 1.